The highest BCUT2D eigenvalue weighted by Crippen LogP contribution is 2.25. The predicted octanol–water partition coefficient (Wildman–Crippen LogP) is 3.86. The molecule has 20 heavy (non-hydrogen) atoms. The number of aromatic nitrogens is 1. The Kier molecular flexibility index (Phi) is 4.69. The van der Waals surface area contributed by atoms with E-state index in [2.05, 4.69) is 10.3 Å². The summed E-state index contributed by atoms with van der Waals surface area (Å²) in [6.07, 6.45) is 0. The topological polar surface area (TPSA) is 68.1 Å². The molecule has 2 aromatic rings. The van der Waals surface area contributed by atoms with Crippen LogP contribution in [0.4, 0.5) is 5.69 Å². The Hall–Kier alpha value is -1.50. The lowest BCUT2D eigenvalue weighted by Crippen LogP contribution is -2.18. The first kappa shape index (κ1) is 14.9. The number of halogens is 1. The number of nitrogens with zero attached hydrogens (tertiary/aromatic N) is 2. The van der Waals surface area contributed by atoms with E-state index in [0.29, 0.717) is 6.54 Å². The zero-order valence-electron chi connectivity index (χ0n) is 11.1. The van der Waals surface area contributed by atoms with Gasteiger partial charge in [-0.05, 0) is 25.5 Å². The van der Waals surface area contributed by atoms with Crippen LogP contribution in [0.25, 0.3) is 0 Å². The Morgan fingerprint density at radius 2 is 2.30 bits per heavy atom. The zero-order chi connectivity index (χ0) is 14.7. The van der Waals surface area contributed by atoms with Gasteiger partial charge in [-0.1, -0.05) is 17.7 Å². The summed E-state index contributed by atoms with van der Waals surface area (Å²) in [5, 5.41) is 17.3. The molecular weight excluding hydrogens is 298 g/mol. The van der Waals surface area contributed by atoms with Crippen LogP contribution >= 0.6 is 22.9 Å². The van der Waals surface area contributed by atoms with E-state index in [0.717, 1.165) is 16.3 Å². The first-order valence-corrected chi connectivity index (χ1v) is 7.31. The lowest BCUT2D eigenvalue weighted by molar-refractivity contribution is -0.384. The minimum absolute atomic E-state index is 0.0660. The fourth-order valence-electron chi connectivity index (χ4n) is 1.74. The third kappa shape index (κ3) is 3.53. The third-order valence-electron chi connectivity index (χ3n) is 2.83. The molecule has 0 bridgehead atoms. The minimum atomic E-state index is -0.473. The van der Waals surface area contributed by atoms with Crippen molar-refractivity contribution in [3.05, 3.63) is 55.0 Å². The largest absolute Gasteiger partial charge is 0.304 e. The van der Waals surface area contributed by atoms with Crippen LogP contribution in [0.1, 0.15) is 29.2 Å². The van der Waals surface area contributed by atoms with Crippen molar-refractivity contribution in [1.82, 2.24) is 10.3 Å². The maximum Gasteiger partial charge on any atom is 0.288 e. The predicted molar refractivity (Wildman–Crippen MR) is 80.2 cm³/mol. The van der Waals surface area contributed by atoms with Crippen molar-refractivity contribution in [2.75, 3.05) is 0 Å². The molecule has 1 atom stereocenters. The molecule has 1 N–H and O–H groups in total. The van der Waals surface area contributed by atoms with Crippen molar-refractivity contribution in [3.8, 4) is 0 Å². The van der Waals surface area contributed by atoms with Crippen molar-refractivity contribution < 1.29 is 4.92 Å². The summed E-state index contributed by atoms with van der Waals surface area (Å²) in [7, 11) is 0. The molecule has 0 aliphatic carbocycles. The summed E-state index contributed by atoms with van der Waals surface area (Å²) >= 11 is 7.38. The van der Waals surface area contributed by atoms with Crippen LogP contribution in [-0.2, 0) is 6.54 Å². The average molecular weight is 312 g/mol. The standard InChI is InChI=1S/C13H14ClN3O2S/c1-8-7-20-13(16-8)9(2)15-6-10-3-4-11(14)12(5-10)17(18)19/h3-5,7,9,15H,6H2,1-2H3. The van der Waals surface area contributed by atoms with Crippen LogP contribution in [0.15, 0.2) is 23.6 Å². The van der Waals surface area contributed by atoms with Crippen molar-refractivity contribution in [2.45, 2.75) is 26.4 Å². The van der Waals surface area contributed by atoms with Crippen LogP contribution in [0.3, 0.4) is 0 Å². The van der Waals surface area contributed by atoms with Gasteiger partial charge >= 0.3 is 0 Å². The summed E-state index contributed by atoms with van der Waals surface area (Å²) in [5.74, 6) is 0. The van der Waals surface area contributed by atoms with Gasteiger partial charge < -0.3 is 5.32 Å². The lowest BCUT2D eigenvalue weighted by Gasteiger charge is -2.11. The summed E-state index contributed by atoms with van der Waals surface area (Å²) in [4.78, 5) is 14.8. The van der Waals surface area contributed by atoms with E-state index in [1.807, 2.05) is 19.2 Å². The number of benzene rings is 1. The fraction of sp³-hybridized carbons (Fsp3) is 0.308. The Bertz CT molecular complexity index is 630. The second-order valence-corrected chi connectivity index (χ2v) is 5.77. The lowest BCUT2D eigenvalue weighted by atomic mass is 10.2. The van der Waals surface area contributed by atoms with Gasteiger partial charge in [0.05, 0.1) is 11.0 Å². The maximum absolute atomic E-state index is 10.8. The van der Waals surface area contributed by atoms with E-state index in [1.54, 1.807) is 23.5 Å². The van der Waals surface area contributed by atoms with Crippen molar-refractivity contribution in [3.63, 3.8) is 0 Å². The number of thiazole rings is 1. The first-order valence-electron chi connectivity index (χ1n) is 6.05. The molecule has 1 aromatic heterocycles. The number of hydrogen-bond acceptors (Lipinski definition) is 5. The molecule has 0 saturated heterocycles. The van der Waals surface area contributed by atoms with Gasteiger partial charge in [0.1, 0.15) is 10.0 Å². The van der Waals surface area contributed by atoms with E-state index in [9.17, 15) is 10.1 Å². The van der Waals surface area contributed by atoms with E-state index in [-0.39, 0.29) is 16.8 Å². The number of nitrogens with one attached hydrogen (secondary N) is 1. The van der Waals surface area contributed by atoms with Crippen LogP contribution in [-0.4, -0.2) is 9.91 Å². The van der Waals surface area contributed by atoms with Gasteiger partial charge in [-0.15, -0.1) is 11.3 Å². The molecule has 0 saturated carbocycles. The van der Waals surface area contributed by atoms with E-state index >= 15 is 0 Å². The molecule has 5 nitrogen and oxygen atoms in total. The molecule has 0 radical (unpaired) electrons. The minimum Gasteiger partial charge on any atom is -0.304 e. The monoisotopic (exact) mass is 311 g/mol. The molecule has 1 heterocycles. The summed E-state index contributed by atoms with van der Waals surface area (Å²) < 4.78 is 0. The number of nitro groups is 1. The van der Waals surface area contributed by atoms with Gasteiger partial charge in [0, 0.05) is 23.7 Å². The summed E-state index contributed by atoms with van der Waals surface area (Å²) in [6.45, 7) is 4.50. The molecule has 1 unspecified atom stereocenters. The highest BCUT2D eigenvalue weighted by atomic mass is 35.5. The van der Waals surface area contributed by atoms with Crippen LogP contribution in [0.5, 0.6) is 0 Å². The zero-order valence-corrected chi connectivity index (χ0v) is 12.7. The number of aryl methyl sites for hydroxylation is 1. The van der Waals surface area contributed by atoms with Crippen LogP contribution < -0.4 is 5.32 Å². The summed E-state index contributed by atoms with van der Waals surface area (Å²) in [5.41, 5.74) is 1.76. The molecule has 2 rings (SSSR count). The van der Waals surface area contributed by atoms with Crippen molar-refractivity contribution in [1.29, 1.82) is 0 Å². The summed E-state index contributed by atoms with van der Waals surface area (Å²) in [6, 6.07) is 4.93. The number of rotatable bonds is 5. The second kappa shape index (κ2) is 6.30. The molecule has 0 aliphatic rings. The Balaban J connectivity index is 2.04. The van der Waals surface area contributed by atoms with E-state index in [1.165, 1.54) is 6.07 Å². The quantitative estimate of drug-likeness (QED) is 0.672. The average Bonchev–Trinajstić information content (AvgIpc) is 2.84. The van der Waals surface area contributed by atoms with Crippen molar-refractivity contribution in [2.24, 2.45) is 0 Å². The highest BCUT2D eigenvalue weighted by molar-refractivity contribution is 7.09. The normalized spacial score (nSPS) is 12.3. The van der Waals surface area contributed by atoms with Gasteiger partial charge in [-0.25, -0.2) is 4.98 Å². The molecule has 0 spiro atoms. The molecule has 7 heteroatoms. The first-order chi connectivity index (χ1) is 9.47. The maximum atomic E-state index is 10.8. The van der Waals surface area contributed by atoms with Gasteiger partial charge in [0.15, 0.2) is 0 Å². The van der Waals surface area contributed by atoms with Crippen molar-refractivity contribution >= 4 is 28.6 Å². The van der Waals surface area contributed by atoms with E-state index < -0.39 is 4.92 Å². The molecular formula is C13H14ClN3O2S. The number of nitro benzene ring substituents is 1. The number of hydrogen-bond donors (Lipinski definition) is 1. The molecule has 106 valence electrons. The van der Waals surface area contributed by atoms with Gasteiger partial charge in [-0.2, -0.15) is 0 Å². The SMILES string of the molecule is Cc1csc(C(C)NCc2ccc(Cl)c([N+](=O)[O-])c2)n1. The molecule has 0 aliphatic heterocycles. The highest BCUT2D eigenvalue weighted by Gasteiger charge is 2.14. The smallest absolute Gasteiger partial charge is 0.288 e. The van der Waals surface area contributed by atoms with Gasteiger partial charge in [-0.3, -0.25) is 10.1 Å². The molecule has 0 amide bonds. The third-order valence-corrected chi connectivity index (χ3v) is 4.29. The van der Waals surface area contributed by atoms with Crippen LogP contribution in [0, 0.1) is 17.0 Å². The second-order valence-electron chi connectivity index (χ2n) is 4.47. The Morgan fingerprint density at radius 1 is 1.55 bits per heavy atom. The van der Waals surface area contributed by atoms with Crippen LogP contribution in [0.2, 0.25) is 5.02 Å². The van der Waals surface area contributed by atoms with Gasteiger partial charge in [0.2, 0.25) is 0 Å². The van der Waals surface area contributed by atoms with E-state index in [4.69, 9.17) is 11.6 Å². The fourth-order valence-corrected chi connectivity index (χ4v) is 2.75. The van der Waals surface area contributed by atoms with Gasteiger partial charge in [0.25, 0.3) is 5.69 Å². The Labute approximate surface area is 125 Å². The molecule has 1 aromatic carbocycles. The Morgan fingerprint density at radius 3 is 2.90 bits per heavy atom. The molecule has 0 fully saturated rings.